The predicted molar refractivity (Wildman–Crippen MR) is 66.2 cm³/mol. The lowest BCUT2D eigenvalue weighted by Gasteiger charge is -2.19. The number of halogens is 1. The maximum atomic E-state index is 13.4. The largest absolute Gasteiger partial charge is 0.381 e. The van der Waals surface area contributed by atoms with Crippen LogP contribution in [0.4, 0.5) is 10.1 Å². The molecule has 1 N–H and O–H groups in total. The summed E-state index contributed by atoms with van der Waals surface area (Å²) in [4.78, 5) is 0. The number of nitrogens with zero attached hydrogens (tertiary/aromatic N) is 1. The Hall–Kier alpha value is -1.56. The van der Waals surface area contributed by atoms with Crippen LogP contribution in [0.2, 0.25) is 0 Å². The maximum Gasteiger partial charge on any atom is 0.143 e. The van der Waals surface area contributed by atoms with Gasteiger partial charge in [-0.2, -0.15) is 5.26 Å². The van der Waals surface area contributed by atoms with Crippen LogP contribution in [0.3, 0.4) is 0 Å². The standard InChI is InChI=1S/C14H17FN2/c1-2-11(8-10-6-7-10)17-14-5-3-4-13(15)12(14)9-16/h3-5,10-11,17H,2,6-8H2,1H3. The Morgan fingerprint density at radius 1 is 1.53 bits per heavy atom. The third kappa shape index (κ3) is 2.97. The lowest BCUT2D eigenvalue weighted by Crippen LogP contribution is -2.20. The minimum absolute atomic E-state index is 0.127. The number of hydrogen-bond acceptors (Lipinski definition) is 2. The fraction of sp³-hybridized carbons (Fsp3) is 0.500. The van der Waals surface area contributed by atoms with Gasteiger partial charge in [-0.3, -0.25) is 0 Å². The van der Waals surface area contributed by atoms with E-state index in [1.807, 2.05) is 6.07 Å². The number of nitrogens with one attached hydrogen (secondary N) is 1. The average Bonchev–Trinajstić information content (AvgIpc) is 3.12. The molecule has 1 fully saturated rings. The molecule has 0 radical (unpaired) electrons. The van der Waals surface area contributed by atoms with Gasteiger partial charge in [-0.05, 0) is 30.9 Å². The highest BCUT2D eigenvalue weighted by Crippen LogP contribution is 2.35. The lowest BCUT2D eigenvalue weighted by atomic mass is 10.1. The number of anilines is 1. The molecule has 1 unspecified atom stereocenters. The third-order valence-electron chi connectivity index (χ3n) is 3.29. The molecule has 0 aliphatic heterocycles. The highest BCUT2D eigenvalue weighted by atomic mass is 19.1. The summed E-state index contributed by atoms with van der Waals surface area (Å²) in [5.74, 6) is 0.380. The molecular weight excluding hydrogens is 215 g/mol. The van der Waals surface area contributed by atoms with E-state index in [-0.39, 0.29) is 5.56 Å². The maximum absolute atomic E-state index is 13.4. The van der Waals surface area contributed by atoms with Gasteiger partial charge in [0.25, 0.3) is 0 Å². The Balaban J connectivity index is 2.10. The van der Waals surface area contributed by atoms with E-state index in [0.717, 1.165) is 18.8 Å². The topological polar surface area (TPSA) is 35.8 Å². The van der Waals surface area contributed by atoms with E-state index < -0.39 is 5.82 Å². The second-order valence-electron chi connectivity index (χ2n) is 4.70. The molecule has 0 bridgehead atoms. The molecule has 0 saturated heterocycles. The zero-order valence-corrected chi connectivity index (χ0v) is 10.0. The molecule has 0 aromatic heterocycles. The van der Waals surface area contributed by atoms with E-state index >= 15 is 0 Å². The molecule has 2 nitrogen and oxygen atoms in total. The van der Waals surface area contributed by atoms with Crippen molar-refractivity contribution in [2.45, 2.75) is 38.6 Å². The second kappa shape index (κ2) is 5.18. The van der Waals surface area contributed by atoms with Gasteiger partial charge < -0.3 is 5.32 Å². The second-order valence-corrected chi connectivity index (χ2v) is 4.70. The van der Waals surface area contributed by atoms with Gasteiger partial charge in [0.2, 0.25) is 0 Å². The van der Waals surface area contributed by atoms with Crippen molar-refractivity contribution in [3.05, 3.63) is 29.6 Å². The van der Waals surface area contributed by atoms with Gasteiger partial charge in [0, 0.05) is 6.04 Å². The molecule has 90 valence electrons. The van der Waals surface area contributed by atoms with Gasteiger partial charge in [0.15, 0.2) is 0 Å². The molecule has 1 aromatic rings. The molecule has 0 spiro atoms. The van der Waals surface area contributed by atoms with Gasteiger partial charge in [-0.1, -0.05) is 25.8 Å². The molecule has 1 saturated carbocycles. The summed E-state index contributed by atoms with van der Waals surface area (Å²) in [7, 11) is 0. The zero-order valence-electron chi connectivity index (χ0n) is 10.0. The lowest BCUT2D eigenvalue weighted by molar-refractivity contribution is 0.584. The van der Waals surface area contributed by atoms with Gasteiger partial charge >= 0.3 is 0 Å². The molecule has 1 aromatic carbocycles. The number of hydrogen-bond donors (Lipinski definition) is 1. The molecule has 2 rings (SSSR count). The van der Waals surface area contributed by atoms with Gasteiger partial charge in [0.1, 0.15) is 17.4 Å². The molecule has 17 heavy (non-hydrogen) atoms. The normalized spacial score (nSPS) is 16.3. The van der Waals surface area contributed by atoms with Crippen molar-refractivity contribution in [2.24, 2.45) is 5.92 Å². The first-order valence-electron chi connectivity index (χ1n) is 6.19. The molecule has 1 aliphatic carbocycles. The Morgan fingerprint density at radius 2 is 2.29 bits per heavy atom. The SMILES string of the molecule is CCC(CC1CC1)Nc1cccc(F)c1C#N. The summed E-state index contributed by atoms with van der Waals surface area (Å²) in [6.45, 7) is 2.12. The number of benzene rings is 1. The quantitative estimate of drug-likeness (QED) is 0.840. The van der Waals surface area contributed by atoms with Crippen molar-refractivity contribution in [2.75, 3.05) is 5.32 Å². The van der Waals surface area contributed by atoms with Crippen molar-refractivity contribution in [3.8, 4) is 6.07 Å². The van der Waals surface area contributed by atoms with Crippen molar-refractivity contribution in [1.29, 1.82) is 5.26 Å². The summed E-state index contributed by atoms with van der Waals surface area (Å²) in [6, 6.07) is 7.01. The molecule has 0 heterocycles. The van der Waals surface area contributed by atoms with Crippen molar-refractivity contribution in [3.63, 3.8) is 0 Å². The van der Waals surface area contributed by atoms with Crippen LogP contribution < -0.4 is 5.32 Å². The van der Waals surface area contributed by atoms with Crippen LogP contribution in [0.5, 0.6) is 0 Å². The van der Waals surface area contributed by atoms with E-state index in [1.165, 1.54) is 18.9 Å². The molecule has 1 atom stereocenters. The van der Waals surface area contributed by atoms with Crippen LogP contribution in [-0.4, -0.2) is 6.04 Å². The van der Waals surface area contributed by atoms with Crippen LogP contribution in [0.15, 0.2) is 18.2 Å². The fourth-order valence-electron chi connectivity index (χ4n) is 2.06. The van der Waals surface area contributed by atoms with E-state index in [9.17, 15) is 4.39 Å². The summed E-state index contributed by atoms with van der Waals surface area (Å²) < 4.78 is 13.4. The summed E-state index contributed by atoms with van der Waals surface area (Å²) >= 11 is 0. The van der Waals surface area contributed by atoms with Crippen LogP contribution in [0, 0.1) is 23.1 Å². The summed E-state index contributed by atoms with van der Waals surface area (Å²) in [6.07, 6.45) is 4.74. The van der Waals surface area contributed by atoms with Crippen LogP contribution in [-0.2, 0) is 0 Å². The minimum Gasteiger partial charge on any atom is -0.381 e. The Labute approximate surface area is 101 Å². The average molecular weight is 232 g/mol. The molecular formula is C14H17FN2. The third-order valence-corrected chi connectivity index (χ3v) is 3.29. The van der Waals surface area contributed by atoms with Gasteiger partial charge in [0.05, 0.1) is 5.69 Å². The van der Waals surface area contributed by atoms with Gasteiger partial charge in [-0.15, -0.1) is 0 Å². The van der Waals surface area contributed by atoms with E-state index in [0.29, 0.717) is 11.7 Å². The van der Waals surface area contributed by atoms with E-state index in [1.54, 1.807) is 12.1 Å². The number of nitriles is 1. The predicted octanol–water partition coefficient (Wildman–Crippen LogP) is 3.69. The Kier molecular flexibility index (Phi) is 3.63. The van der Waals surface area contributed by atoms with Crippen LogP contribution >= 0.6 is 0 Å². The smallest absolute Gasteiger partial charge is 0.143 e. The molecule has 3 heteroatoms. The fourth-order valence-corrected chi connectivity index (χ4v) is 2.06. The van der Waals surface area contributed by atoms with Crippen LogP contribution in [0.1, 0.15) is 38.2 Å². The Morgan fingerprint density at radius 3 is 2.88 bits per heavy atom. The van der Waals surface area contributed by atoms with Gasteiger partial charge in [-0.25, -0.2) is 4.39 Å². The first kappa shape index (κ1) is 11.9. The number of rotatable bonds is 5. The van der Waals surface area contributed by atoms with E-state index in [4.69, 9.17) is 5.26 Å². The molecule has 1 aliphatic rings. The van der Waals surface area contributed by atoms with Crippen molar-refractivity contribution in [1.82, 2.24) is 0 Å². The van der Waals surface area contributed by atoms with E-state index in [2.05, 4.69) is 12.2 Å². The zero-order chi connectivity index (χ0) is 12.3. The van der Waals surface area contributed by atoms with Crippen molar-refractivity contribution < 1.29 is 4.39 Å². The Bertz CT molecular complexity index is 432. The summed E-state index contributed by atoms with van der Waals surface area (Å²) in [5.41, 5.74) is 0.752. The highest BCUT2D eigenvalue weighted by Gasteiger charge is 2.25. The first-order chi connectivity index (χ1) is 8.24. The highest BCUT2D eigenvalue weighted by molar-refractivity contribution is 5.58. The first-order valence-corrected chi connectivity index (χ1v) is 6.19. The monoisotopic (exact) mass is 232 g/mol. The summed E-state index contributed by atoms with van der Waals surface area (Å²) in [5, 5.41) is 12.2. The van der Waals surface area contributed by atoms with Crippen molar-refractivity contribution >= 4 is 5.69 Å². The van der Waals surface area contributed by atoms with Crippen LogP contribution in [0.25, 0.3) is 0 Å². The minimum atomic E-state index is -0.446. The molecule has 0 amide bonds.